The van der Waals surface area contributed by atoms with Crippen LogP contribution in [-0.4, -0.2) is 0 Å². The van der Waals surface area contributed by atoms with Gasteiger partial charge in [0.2, 0.25) is 0 Å². The van der Waals surface area contributed by atoms with Crippen LogP contribution in [0.5, 0.6) is 0 Å². The van der Waals surface area contributed by atoms with Crippen molar-refractivity contribution in [2.45, 2.75) is 26.7 Å². The van der Waals surface area contributed by atoms with E-state index in [1.807, 2.05) is 0 Å². The van der Waals surface area contributed by atoms with E-state index in [9.17, 15) is 0 Å². The van der Waals surface area contributed by atoms with E-state index in [2.05, 4.69) is 38.2 Å². The molecule has 0 saturated carbocycles. The van der Waals surface area contributed by atoms with Crippen LogP contribution in [-0.2, 0) is 0 Å². The summed E-state index contributed by atoms with van der Waals surface area (Å²) >= 11 is 0. The van der Waals surface area contributed by atoms with Crippen LogP contribution in [0.15, 0.2) is 35.5 Å². The van der Waals surface area contributed by atoms with Gasteiger partial charge in [-0.25, -0.2) is 0 Å². The number of rotatable bonds is 0. The highest BCUT2D eigenvalue weighted by Crippen LogP contribution is 2.10. The zero-order valence-corrected chi connectivity index (χ0v) is 6.72. The Morgan fingerprint density at radius 2 is 2.00 bits per heavy atom. The van der Waals surface area contributed by atoms with Crippen molar-refractivity contribution in [1.82, 2.24) is 0 Å². The molecule has 1 rings (SSSR count). The molecule has 0 atom stereocenters. The summed E-state index contributed by atoms with van der Waals surface area (Å²) in [5.74, 6) is 0. The van der Waals surface area contributed by atoms with Gasteiger partial charge >= 0.3 is 0 Å². The molecule has 0 aliphatic heterocycles. The lowest BCUT2D eigenvalue weighted by molar-refractivity contribution is 0.973. The molecule has 1 aliphatic rings. The van der Waals surface area contributed by atoms with Gasteiger partial charge in [-0.1, -0.05) is 35.5 Å². The fourth-order valence-electron chi connectivity index (χ4n) is 0.993. The molecule has 0 bridgehead atoms. The predicted octanol–water partition coefficient (Wildman–Crippen LogP) is 3.23. The summed E-state index contributed by atoms with van der Waals surface area (Å²) < 4.78 is 0. The molecule has 0 saturated heterocycles. The maximum absolute atomic E-state index is 2.24. The van der Waals surface area contributed by atoms with Crippen LogP contribution in [0.2, 0.25) is 0 Å². The van der Waals surface area contributed by atoms with Crippen LogP contribution in [0.25, 0.3) is 0 Å². The van der Waals surface area contributed by atoms with Crippen LogP contribution in [0, 0.1) is 0 Å². The topological polar surface area (TPSA) is 0 Å². The lowest BCUT2D eigenvalue weighted by Crippen LogP contribution is -1.79. The predicted molar refractivity (Wildman–Crippen MR) is 45.9 cm³/mol. The van der Waals surface area contributed by atoms with Crippen LogP contribution >= 0.6 is 0 Å². The van der Waals surface area contributed by atoms with Crippen molar-refractivity contribution in [3.63, 3.8) is 0 Å². The first kappa shape index (κ1) is 7.33. The maximum Gasteiger partial charge on any atom is -0.0285 e. The maximum atomic E-state index is 2.24. The van der Waals surface area contributed by atoms with Gasteiger partial charge in [0.05, 0.1) is 0 Å². The molecule has 10 heavy (non-hydrogen) atoms. The van der Waals surface area contributed by atoms with Crippen molar-refractivity contribution in [3.05, 3.63) is 35.5 Å². The van der Waals surface area contributed by atoms with E-state index in [0.717, 1.165) is 0 Å². The van der Waals surface area contributed by atoms with Crippen molar-refractivity contribution < 1.29 is 0 Å². The van der Waals surface area contributed by atoms with Crippen molar-refractivity contribution in [3.8, 4) is 0 Å². The molecule has 1 aliphatic carbocycles. The monoisotopic (exact) mass is 134 g/mol. The van der Waals surface area contributed by atoms with E-state index < -0.39 is 0 Å². The van der Waals surface area contributed by atoms with E-state index in [0.29, 0.717) is 0 Å². The van der Waals surface area contributed by atoms with Gasteiger partial charge < -0.3 is 0 Å². The highest BCUT2D eigenvalue weighted by atomic mass is 14.0. The Bertz CT molecular complexity index is 192. The van der Waals surface area contributed by atoms with Gasteiger partial charge in [-0.15, -0.1) is 0 Å². The zero-order chi connectivity index (χ0) is 7.40. The SMILES string of the molecule is CC1=C/C=C(/C)CC/C=C\1. The minimum Gasteiger partial charge on any atom is -0.0840 e. The fourth-order valence-corrected chi connectivity index (χ4v) is 0.993. The molecule has 0 aromatic heterocycles. The Morgan fingerprint density at radius 1 is 1.20 bits per heavy atom. The molecule has 54 valence electrons. The highest BCUT2D eigenvalue weighted by molar-refractivity contribution is 5.25. The van der Waals surface area contributed by atoms with E-state index in [1.165, 1.54) is 24.0 Å². The summed E-state index contributed by atoms with van der Waals surface area (Å²) in [5.41, 5.74) is 2.82. The van der Waals surface area contributed by atoms with E-state index in [4.69, 9.17) is 0 Å². The van der Waals surface area contributed by atoms with E-state index in [1.54, 1.807) is 0 Å². The van der Waals surface area contributed by atoms with E-state index >= 15 is 0 Å². The van der Waals surface area contributed by atoms with Crippen molar-refractivity contribution in [2.24, 2.45) is 0 Å². The molecule has 0 amide bonds. The Balaban J connectivity index is 2.75. The minimum absolute atomic E-state index is 1.19. The van der Waals surface area contributed by atoms with Gasteiger partial charge in [0, 0.05) is 0 Å². The third kappa shape index (κ3) is 2.22. The van der Waals surface area contributed by atoms with Crippen molar-refractivity contribution in [2.75, 3.05) is 0 Å². The molecular formula is C10H14. The van der Waals surface area contributed by atoms with Gasteiger partial charge in [0.15, 0.2) is 0 Å². The molecule has 0 spiro atoms. The summed E-state index contributed by atoms with van der Waals surface area (Å²) in [6.07, 6.45) is 11.2. The minimum atomic E-state index is 1.19. The first-order valence-corrected chi connectivity index (χ1v) is 3.79. The normalized spacial score (nSPS) is 32.6. The number of hydrogen-bond donors (Lipinski definition) is 0. The smallest absolute Gasteiger partial charge is 0.0285 e. The first-order valence-electron chi connectivity index (χ1n) is 3.79. The molecule has 0 fully saturated rings. The summed E-state index contributed by atoms with van der Waals surface area (Å²) in [4.78, 5) is 0. The molecule has 0 radical (unpaired) electrons. The molecular weight excluding hydrogens is 120 g/mol. The third-order valence-corrected chi connectivity index (χ3v) is 1.72. The van der Waals surface area contributed by atoms with Crippen molar-refractivity contribution >= 4 is 0 Å². The average molecular weight is 134 g/mol. The van der Waals surface area contributed by atoms with Crippen LogP contribution < -0.4 is 0 Å². The van der Waals surface area contributed by atoms with Gasteiger partial charge in [-0.2, -0.15) is 0 Å². The van der Waals surface area contributed by atoms with Gasteiger partial charge in [0.1, 0.15) is 0 Å². The second-order valence-corrected chi connectivity index (χ2v) is 2.86. The molecule has 0 heterocycles. The van der Waals surface area contributed by atoms with Crippen molar-refractivity contribution in [1.29, 1.82) is 0 Å². The van der Waals surface area contributed by atoms with Crippen LogP contribution in [0.4, 0.5) is 0 Å². The third-order valence-electron chi connectivity index (χ3n) is 1.72. The van der Waals surface area contributed by atoms with Crippen LogP contribution in [0.3, 0.4) is 0 Å². The average Bonchev–Trinajstić information content (AvgIpc) is 1.90. The lowest BCUT2D eigenvalue weighted by Gasteiger charge is -1.99. The Kier molecular flexibility index (Phi) is 2.49. The lowest BCUT2D eigenvalue weighted by atomic mass is 10.1. The number of allylic oxidation sites excluding steroid dienone is 6. The second kappa shape index (κ2) is 3.40. The zero-order valence-electron chi connectivity index (χ0n) is 6.72. The summed E-state index contributed by atoms with van der Waals surface area (Å²) in [6.45, 7) is 4.31. The number of hydrogen-bond acceptors (Lipinski definition) is 0. The summed E-state index contributed by atoms with van der Waals surface area (Å²) in [7, 11) is 0. The molecule has 0 N–H and O–H groups in total. The summed E-state index contributed by atoms with van der Waals surface area (Å²) in [6, 6.07) is 0. The molecule has 0 aromatic carbocycles. The Morgan fingerprint density at radius 3 is 2.80 bits per heavy atom. The molecule has 0 unspecified atom stereocenters. The largest absolute Gasteiger partial charge is 0.0840 e. The molecule has 0 aromatic rings. The first-order chi connectivity index (χ1) is 4.79. The molecule has 0 nitrogen and oxygen atoms in total. The Labute approximate surface area is 62.9 Å². The fraction of sp³-hybridized carbons (Fsp3) is 0.400. The van der Waals surface area contributed by atoms with Gasteiger partial charge in [0.25, 0.3) is 0 Å². The quantitative estimate of drug-likeness (QED) is 0.477. The van der Waals surface area contributed by atoms with E-state index in [-0.39, 0.29) is 0 Å². The molecule has 0 heteroatoms. The standard InChI is InChI=1S/C10H14/c1-9-5-3-4-6-10(2)8-7-9/h3,5,7-8H,4,6H2,1-2H3/b5-3-,9-7-,10-8-. The van der Waals surface area contributed by atoms with Crippen LogP contribution in [0.1, 0.15) is 26.7 Å². The highest BCUT2D eigenvalue weighted by Gasteiger charge is 1.89. The van der Waals surface area contributed by atoms with Gasteiger partial charge in [-0.3, -0.25) is 0 Å². The summed E-state index contributed by atoms with van der Waals surface area (Å²) in [5, 5.41) is 0. The van der Waals surface area contributed by atoms with Gasteiger partial charge in [-0.05, 0) is 26.7 Å². The second-order valence-electron chi connectivity index (χ2n) is 2.86. The Hall–Kier alpha value is -0.780.